The first-order valence-corrected chi connectivity index (χ1v) is 6.79. The topological polar surface area (TPSA) is 58.2 Å². The molecule has 5 nitrogen and oxygen atoms in total. The summed E-state index contributed by atoms with van der Waals surface area (Å²) in [5, 5.41) is 0. The van der Waals surface area contributed by atoms with Gasteiger partial charge in [-0.1, -0.05) is 27.7 Å². The molecule has 0 saturated carbocycles. The van der Waals surface area contributed by atoms with Gasteiger partial charge < -0.3 is 14.6 Å². The Kier molecular flexibility index (Phi) is 6.02. The molecule has 0 radical (unpaired) electrons. The number of anilines is 1. The molecule has 1 rings (SSSR count). The predicted molar refractivity (Wildman–Crippen MR) is 77.9 cm³/mol. The summed E-state index contributed by atoms with van der Waals surface area (Å²) in [4.78, 5) is 21.2. The third-order valence-electron chi connectivity index (χ3n) is 2.77. The van der Waals surface area contributed by atoms with Crippen molar-refractivity contribution in [3.05, 3.63) is 22.2 Å². The fourth-order valence-corrected chi connectivity index (χ4v) is 1.84. The van der Waals surface area contributed by atoms with Gasteiger partial charge in [-0.05, 0) is 5.92 Å². The van der Waals surface area contributed by atoms with Crippen LogP contribution in [0.25, 0.3) is 0 Å². The van der Waals surface area contributed by atoms with Crippen LogP contribution in [0.1, 0.15) is 39.4 Å². The average Bonchev–Trinajstić information content (AvgIpc) is 2.33. The number of aromatic amines is 1. The van der Waals surface area contributed by atoms with Gasteiger partial charge in [0.25, 0.3) is 5.56 Å². The van der Waals surface area contributed by atoms with Crippen LogP contribution in [-0.4, -0.2) is 36.8 Å². The third-order valence-corrected chi connectivity index (χ3v) is 2.77. The van der Waals surface area contributed by atoms with Crippen molar-refractivity contribution in [2.45, 2.75) is 33.6 Å². The molecular formula is C14H25N3O2. The highest BCUT2D eigenvalue weighted by molar-refractivity contribution is 5.37. The number of H-pyrrole nitrogens is 1. The average molecular weight is 267 g/mol. The van der Waals surface area contributed by atoms with Gasteiger partial charge >= 0.3 is 0 Å². The molecule has 0 spiro atoms. The van der Waals surface area contributed by atoms with Gasteiger partial charge in [0.2, 0.25) is 0 Å². The minimum atomic E-state index is -0.0973. The Hall–Kier alpha value is -1.36. The molecule has 19 heavy (non-hydrogen) atoms. The van der Waals surface area contributed by atoms with Crippen LogP contribution in [0.15, 0.2) is 10.9 Å². The van der Waals surface area contributed by atoms with E-state index in [4.69, 9.17) is 4.74 Å². The fourth-order valence-electron chi connectivity index (χ4n) is 1.84. The van der Waals surface area contributed by atoms with Gasteiger partial charge in [-0.15, -0.1) is 0 Å². The minimum Gasteiger partial charge on any atom is -0.383 e. The summed E-state index contributed by atoms with van der Waals surface area (Å²) in [6, 6.07) is 1.56. The van der Waals surface area contributed by atoms with Gasteiger partial charge in [-0.25, -0.2) is 4.98 Å². The molecule has 0 aliphatic rings. The Morgan fingerprint density at radius 3 is 2.58 bits per heavy atom. The number of rotatable bonds is 7. The van der Waals surface area contributed by atoms with Crippen molar-refractivity contribution in [1.29, 1.82) is 0 Å². The number of nitrogens with one attached hydrogen (secondary N) is 1. The van der Waals surface area contributed by atoms with Crippen LogP contribution >= 0.6 is 0 Å². The molecule has 1 aromatic heterocycles. The smallest absolute Gasteiger partial charge is 0.252 e. The molecule has 0 aliphatic carbocycles. The Balaban J connectivity index is 3.02. The predicted octanol–water partition coefficient (Wildman–Crippen LogP) is 2.00. The first kappa shape index (κ1) is 15.7. The lowest BCUT2D eigenvalue weighted by atomic mass is 10.2. The van der Waals surface area contributed by atoms with Crippen molar-refractivity contribution >= 4 is 5.82 Å². The van der Waals surface area contributed by atoms with Crippen molar-refractivity contribution in [3.63, 3.8) is 0 Å². The summed E-state index contributed by atoms with van der Waals surface area (Å²) in [6.07, 6.45) is 0. The van der Waals surface area contributed by atoms with E-state index in [2.05, 4.69) is 28.7 Å². The fraction of sp³-hybridized carbons (Fsp3) is 0.714. The maximum Gasteiger partial charge on any atom is 0.252 e. The number of hydrogen-bond donors (Lipinski definition) is 1. The third kappa shape index (κ3) is 5.03. The standard InChI is InChI=1S/C14H25N3O2/c1-10(2)9-17(6-7-19-5)12-8-13(18)16-14(15-12)11(3)4/h8,10-11H,6-7,9H2,1-5H3,(H,15,16,18). The molecule has 1 aromatic rings. The van der Waals surface area contributed by atoms with Crippen LogP contribution < -0.4 is 10.5 Å². The van der Waals surface area contributed by atoms with Crippen LogP contribution in [0.4, 0.5) is 5.82 Å². The van der Waals surface area contributed by atoms with Crippen molar-refractivity contribution < 1.29 is 4.74 Å². The van der Waals surface area contributed by atoms with E-state index in [0.29, 0.717) is 12.5 Å². The highest BCUT2D eigenvalue weighted by atomic mass is 16.5. The summed E-state index contributed by atoms with van der Waals surface area (Å²) in [5.41, 5.74) is -0.0973. The Morgan fingerprint density at radius 2 is 2.05 bits per heavy atom. The van der Waals surface area contributed by atoms with Crippen molar-refractivity contribution in [3.8, 4) is 0 Å². The van der Waals surface area contributed by atoms with Gasteiger partial charge in [-0.3, -0.25) is 4.79 Å². The molecule has 108 valence electrons. The Labute approximate surface area is 115 Å². The van der Waals surface area contributed by atoms with Crippen LogP contribution in [0.5, 0.6) is 0 Å². The minimum absolute atomic E-state index is 0.0973. The second-order valence-corrected chi connectivity index (χ2v) is 5.48. The molecule has 1 N–H and O–H groups in total. The van der Waals surface area contributed by atoms with E-state index in [1.807, 2.05) is 13.8 Å². The Morgan fingerprint density at radius 1 is 1.37 bits per heavy atom. The molecule has 0 aromatic carbocycles. The molecule has 0 unspecified atom stereocenters. The summed E-state index contributed by atoms with van der Waals surface area (Å²) in [6.45, 7) is 10.6. The highest BCUT2D eigenvalue weighted by Crippen LogP contribution is 2.14. The van der Waals surface area contributed by atoms with E-state index in [-0.39, 0.29) is 11.5 Å². The zero-order valence-electron chi connectivity index (χ0n) is 12.6. The van der Waals surface area contributed by atoms with E-state index in [1.54, 1.807) is 13.2 Å². The highest BCUT2D eigenvalue weighted by Gasteiger charge is 2.13. The normalized spacial score (nSPS) is 11.3. The SMILES string of the molecule is COCCN(CC(C)C)c1cc(=O)[nH]c(C(C)C)n1. The lowest BCUT2D eigenvalue weighted by Gasteiger charge is -2.25. The monoisotopic (exact) mass is 267 g/mol. The Bertz CT molecular complexity index is 441. The van der Waals surface area contributed by atoms with Crippen LogP contribution in [0.3, 0.4) is 0 Å². The summed E-state index contributed by atoms with van der Waals surface area (Å²) in [7, 11) is 1.68. The summed E-state index contributed by atoms with van der Waals surface area (Å²) in [5.74, 6) is 2.17. The first-order chi connectivity index (χ1) is 8.93. The lowest BCUT2D eigenvalue weighted by Crippen LogP contribution is -2.33. The molecule has 0 amide bonds. The molecule has 5 heteroatoms. The molecular weight excluding hydrogens is 242 g/mol. The van der Waals surface area contributed by atoms with Crippen molar-refractivity contribution in [1.82, 2.24) is 9.97 Å². The second kappa shape index (κ2) is 7.28. The summed E-state index contributed by atoms with van der Waals surface area (Å²) >= 11 is 0. The lowest BCUT2D eigenvalue weighted by molar-refractivity contribution is 0.204. The largest absolute Gasteiger partial charge is 0.383 e. The van der Waals surface area contributed by atoms with E-state index in [1.165, 1.54) is 0 Å². The van der Waals surface area contributed by atoms with Gasteiger partial charge in [0.1, 0.15) is 11.6 Å². The van der Waals surface area contributed by atoms with Gasteiger partial charge in [0.05, 0.1) is 6.61 Å². The number of methoxy groups -OCH3 is 1. The van der Waals surface area contributed by atoms with E-state index >= 15 is 0 Å². The number of hydrogen-bond acceptors (Lipinski definition) is 4. The van der Waals surface area contributed by atoms with E-state index in [0.717, 1.165) is 24.7 Å². The quantitative estimate of drug-likeness (QED) is 0.821. The molecule has 0 saturated heterocycles. The molecule has 0 fully saturated rings. The summed E-state index contributed by atoms with van der Waals surface area (Å²) < 4.78 is 5.13. The molecule has 0 bridgehead atoms. The molecule has 0 aliphatic heterocycles. The van der Waals surface area contributed by atoms with Crippen LogP contribution in [0, 0.1) is 5.92 Å². The first-order valence-electron chi connectivity index (χ1n) is 6.79. The van der Waals surface area contributed by atoms with Gasteiger partial charge in [0.15, 0.2) is 0 Å². The number of nitrogens with zero attached hydrogens (tertiary/aromatic N) is 2. The van der Waals surface area contributed by atoms with E-state index < -0.39 is 0 Å². The maximum atomic E-state index is 11.7. The van der Waals surface area contributed by atoms with E-state index in [9.17, 15) is 4.79 Å². The zero-order valence-corrected chi connectivity index (χ0v) is 12.6. The van der Waals surface area contributed by atoms with Crippen molar-refractivity contribution in [2.75, 3.05) is 31.7 Å². The van der Waals surface area contributed by atoms with Crippen LogP contribution in [0.2, 0.25) is 0 Å². The second-order valence-electron chi connectivity index (χ2n) is 5.48. The van der Waals surface area contributed by atoms with Crippen molar-refractivity contribution in [2.24, 2.45) is 5.92 Å². The molecule has 0 atom stereocenters. The zero-order chi connectivity index (χ0) is 14.4. The maximum absolute atomic E-state index is 11.7. The van der Waals surface area contributed by atoms with Gasteiger partial charge in [0, 0.05) is 32.2 Å². The van der Waals surface area contributed by atoms with Gasteiger partial charge in [-0.2, -0.15) is 0 Å². The molecule has 1 heterocycles. The number of aromatic nitrogens is 2. The number of ether oxygens (including phenoxy) is 1. The van der Waals surface area contributed by atoms with Crippen LogP contribution in [-0.2, 0) is 4.74 Å².